The number of thioether (sulfide) groups is 1. The van der Waals surface area contributed by atoms with Gasteiger partial charge in [-0.05, 0) is 26.0 Å². The van der Waals surface area contributed by atoms with E-state index in [4.69, 9.17) is 4.42 Å². The average molecular weight is 345 g/mol. The molecular weight excluding hydrogens is 326 g/mol. The van der Waals surface area contributed by atoms with E-state index in [1.165, 1.54) is 18.0 Å². The van der Waals surface area contributed by atoms with Crippen LogP contribution in [0.1, 0.15) is 19.5 Å². The van der Waals surface area contributed by atoms with E-state index in [2.05, 4.69) is 15.6 Å². The van der Waals surface area contributed by atoms with Gasteiger partial charge in [-0.3, -0.25) is 9.59 Å². The van der Waals surface area contributed by atoms with Gasteiger partial charge in [0.1, 0.15) is 12.3 Å². The van der Waals surface area contributed by atoms with Crippen LogP contribution in [0.3, 0.4) is 0 Å². The highest BCUT2D eigenvalue weighted by atomic mass is 32.2. The van der Waals surface area contributed by atoms with Crippen LogP contribution in [0.4, 0.5) is 0 Å². The third-order valence-electron chi connectivity index (χ3n) is 3.80. The minimum Gasteiger partial charge on any atom is -0.444 e. The standard InChI is InChI=1S/C17H19N3O3S/c1-17(2)16(22)20-13(10-24-17)14(21)18-8-12-9-23-15(19-12)11-6-4-3-5-7-11/h3-7,9,13H,8,10H2,1-2H3,(H,18,21)(H,20,22)/t13-/m0/s1. The number of carbonyl (C=O) groups is 2. The van der Waals surface area contributed by atoms with Gasteiger partial charge >= 0.3 is 0 Å². The molecular formula is C17H19N3O3S. The van der Waals surface area contributed by atoms with Crippen molar-refractivity contribution in [2.24, 2.45) is 0 Å². The maximum Gasteiger partial charge on any atom is 0.243 e. The smallest absolute Gasteiger partial charge is 0.243 e. The van der Waals surface area contributed by atoms with Crippen LogP contribution in [0.25, 0.3) is 11.5 Å². The molecule has 0 aliphatic carbocycles. The van der Waals surface area contributed by atoms with E-state index in [1.807, 2.05) is 44.2 Å². The maximum atomic E-state index is 12.2. The van der Waals surface area contributed by atoms with Gasteiger partial charge in [-0.25, -0.2) is 4.98 Å². The fourth-order valence-electron chi connectivity index (χ4n) is 2.27. The molecule has 0 saturated carbocycles. The number of hydrogen-bond donors (Lipinski definition) is 2. The largest absolute Gasteiger partial charge is 0.444 e. The minimum atomic E-state index is -0.518. The Bertz CT molecular complexity index is 743. The molecule has 2 N–H and O–H groups in total. The molecule has 1 fully saturated rings. The molecule has 7 heteroatoms. The van der Waals surface area contributed by atoms with Gasteiger partial charge in [-0.15, -0.1) is 11.8 Å². The molecule has 2 heterocycles. The molecule has 6 nitrogen and oxygen atoms in total. The lowest BCUT2D eigenvalue weighted by Gasteiger charge is -2.32. The Kier molecular flexibility index (Phi) is 4.62. The second-order valence-electron chi connectivity index (χ2n) is 6.08. The highest BCUT2D eigenvalue weighted by molar-refractivity contribution is 8.01. The number of amides is 2. The van der Waals surface area contributed by atoms with Crippen molar-refractivity contribution < 1.29 is 14.0 Å². The van der Waals surface area contributed by atoms with Gasteiger partial charge in [0.05, 0.1) is 17.0 Å². The number of hydrogen-bond acceptors (Lipinski definition) is 5. The van der Waals surface area contributed by atoms with E-state index < -0.39 is 10.8 Å². The summed E-state index contributed by atoms with van der Waals surface area (Å²) < 4.78 is 4.94. The Hall–Kier alpha value is -2.28. The van der Waals surface area contributed by atoms with Crippen LogP contribution in [0, 0.1) is 0 Å². The Morgan fingerprint density at radius 3 is 2.88 bits per heavy atom. The molecule has 0 radical (unpaired) electrons. The predicted molar refractivity (Wildman–Crippen MR) is 92.3 cm³/mol. The number of aromatic nitrogens is 1. The molecule has 0 bridgehead atoms. The van der Waals surface area contributed by atoms with Crippen molar-refractivity contribution in [3.8, 4) is 11.5 Å². The Balaban J connectivity index is 1.56. The van der Waals surface area contributed by atoms with Crippen LogP contribution < -0.4 is 10.6 Å². The number of benzene rings is 1. The van der Waals surface area contributed by atoms with Crippen LogP contribution >= 0.6 is 11.8 Å². The van der Waals surface area contributed by atoms with Crippen LogP contribution in [0.2, 0.25) is 0 Å². The normalized spacial score (nSPS) is 19.6. The lowest BCUT2D eigenvalue weighted by Crippen LogP contribution is -2.57. The number of nitrogens with one attached hydrogen (secondary N) is 2. The molecule has 1 aromatic carbocycles. The fraction of sp³-hybridized carbons (Fsp3) is 0.353. The fourth-order valence-corrected chi connectivity index (χ4v) is 3.28. The molecule has 126 valence electrons. The quantitative estimate of drug-likeness (QED) is 0.885. The summed E-state index contributed by atoms with van der Waals surface area (Å²) in [5, 5.41) is 5.55. The minimum absolute atomic E-state index is 0.119. The van der Waals surface area contributed by atoms with Gasteiger partial charge in [0, 0.05) is 11.3 Å². The van der Waals surface area contributed by atoms with Gasteiger partial charge in [-0.1, -0.05) is 18.2 Å². The molecule has 1 saturated heterocycles. The first-order valence-electron chi connectivity index (χ1n) is 7.68. The van der Waals surface area contributed by atoms with Crippen molar-refractivity contribution >= 4 is 23.6 Å². The van der Waals surface area contributed by atoms with Gasteiger partial charge < -0.3 is 15.1 Å². The van der Waals surface area contributed by atoms with Crippen molar-refractivity contribution in [2.75, 3.05) is 5.75 Å². The number of rotatable bonds is 4. The molecule has 24 heavy (non-hydrogen) atoms. The Morgan fingerprint density at radius 1 is 1.42 bits per heavy atom. The van der Waals surface area contributed by atoms with Crippen LogP contribution in [-0.4, -0.2) is 33.3 Å². The van der Waals surface area contributed by atoms with E-state index >= 15 is 0 Å². The molecule has 1 aromatic heterocycles. The lowest BCUT2D eigenvalue weighted by molar-refractivity contribution is -0.129. The molecule has 1 aliphatic rings. The maximum absolute atomic E-state index is 12.2. The summed E-state index contributed by atoms with van der Waals surface area (Å²) in [5.41, 5.74) is 1.52. The zero-order valence-electron chi connectivity index (χ0n) is 13.5. The molecule has 1 atom stereocenters. The first-order chi connectivity index (χ1) is 11.5. The zero-order chi connectivity index (χ0) is 17.2. The summed E-state index contributed by atoms with van der Waals surface area (Å²) in [6.07, 6.45) is 1.53. The number of carbonyl (C=O) groups excluding carboxylic acids is 2. The number of nitrogens with zero attached hydrogens (tertiary/aromatic N) is 1. The van der Waals surface area contributed by atoms with Crippen molar-refractivity contribution in [2.45, 2.75) is 31.2 Å². The van der Waals surface area contributed by atoms with E-state index in [0.29, 0.717) is 17.3 Å². The van der Waals surface area contributed by atoms with Crippen LogP contribution in [0.15, 0.2) is 41.0 Å². The predicted octanol–water partition coefficient (Wildman–Crippen LogP) is 1.97. The Morgan fingerprint density at radius 2 is 2.17 bits per heavy atom. The average Bonchev–Trinajstić information content (AvgIpc) is 3.05. The molecule has 1 aliphatic heterocycles. The first-order valence-corrected chi connectivity index (χ1v) is 8.67. The lowest BCUT2D eigenvalue weighted by atomic mass is 10.1. The summed E-state index contributed by atoms with van der Waals surface area (Å²) in [6.45, 7) is 3.96. The monoisotopic (exact) mass is 345 g/mol. The molecule has 3 rings (SSSR count). The zero-order valence-corrected chi connectivity index (χ0v) is 14.4. The van der Waals surface area contributed by atoms with E-state index in [0.717, 1.165) is 5.56 Å². The topological polar surface area (TPSA) is 84.2 Å². The SMILES string of the molecule is CC1(C)SC[C@@H](C(=O)NCc2coc(-c3ccccc3)n2)NC1=O. The Labute approximate surface area is 144 Å². The van der Waals surface area contributed by atoms with E-state index in [1.54, 1.807) is 0 Å². The van der Waals surface area contributed by atoms with Crippen molar-refractivity contribution in [1.82, 2.24) is 15.6 Å². The molecule has 0 spiro atoms. The number of oxazole rings is 1. The van der Waals surface area contributed by atoms with Crippen LogP contribution in [0.5, 0.6) is 0 Å². The second-order valence-corrected chi connectivity index (χ2v) is 7.72. The van der Waals surface area contributed by atoms with Crippen LogP contribution in [-0.2, 0) is 16.1 Å². The third kappa shape index (κ3) is 3.62. The summed E-state index contributed by atoms with van der Waals surface area (Å²) >= 11 is 1.48. The molecule has 2 aromatic rings. The molecule has 0 unspecified atom stereocenters. The third-order valence-corrected chi connectivity index (χ3v) is 5.20. The van der Waals surface area contributed by atoms with E-state index in [9.17, 15) is 9.59 Å². The summed E-state index contributed by atoms with van der Waals surface area (Å²) in [4.78, 5) is 28.5. The van der Waals surface area contributed by atoms with Gasteiger partial charge in [0.25, 0.3) is 0 Å². The summed E-state index contributed by atoms with van der Waals surface area (Å²) in [7, 11) is 0. The second kappa shape index (κ2) is 6.68. The first kappa shape index (κ1) is 16.6. The van der Waals surface area contributed by atoms with Gasteiger partial charge in [0.2, 0.25) is 17.7 Å². The van der Waals surface area contributed by atoms with E-state index in [-0.39, 0.29) is 18.4 Å². The highest BCUT2D eigenvalue weighted by Gasteiger charge is 2.37. The van der Waals surface area contributed by atoms with Gasteiger partial charge in [0.15, 0.2) is 0 Å². The van der Waals surface area contributed by atoms with Crippen molar-refractivity contribution in [3.05, 3.63) is 42.3 Å². The summed E-state index contributed by atoms with van der Waals surface area (Å²) in [6, 6.07) is 9.04. The molecule has 2 amide bonds. The van der Waals surface area contributed by atoms with Crippen molar-refractivity contribution in [3.63, 3.8) is 0 Å². The highest BCUT2D eigenvalue weighted by Crippen LogP contribution is 2.29. The van der Waals surface area contributed by atoms with Gasteiger partial charge in [-0.2, -0.15) is 0 Å². The van der Waals surface area contributed by atoms with Crippen molar-refractivity contribution in [1.29, 1.82) is 0 Å². The summed E-state index contributed by atoms with van der Waals surface area (Å²) in [5.74, 6) is 0.740.